The highest BCUT2D eigenvalue weighted by atomic mass is 16.2. The molecule has 1 saturated heterocycles. The van der Waals surface area contributed by atoms with Crippen molar-refractivity contribution in [2.75, 3.05) is 26.2 Å². The van der Waals surface area contributed by atoms with Crippen LogP contribution in [0, 0.1) is 11.8 Å². The van der Waals surface area contributed by atoms with Gasteiger partial charge in [0, 0.05) is 25.0 Å². The summed E-state index contributed by atoms with van der Waals surface area (Å²) in [6, 6.07) is 0.244. The number of primary amides is 1. The van der Waals surface area contributed by atoms with Crippen LogP contribution >= 0.6 is 0 Å². The maximum Gasteiger partial charge on any atom is 0.231 e. The molecule has 1 saturated carbocycles. The van der Waals surface area contributed by atoms with E-state index in [-0.39, 0.29) is 23.8 Å². The second kappa shape index (κ2) is 7.75. The standard InChI is InChI=1S/C15H28N4O2/c16-9-11-1-3-12(4-2-11)15(21)18-13-5-7-19(8-6-13)10-14(17)20/h11-13H,1-10,16H2,(H2,17,20)(H,18,21). The molecule has 1 aliphatic carbocycles. The molecular formula is C15H28N4O2. The first-order valence-electron chi connectivity index (χ1n) is 8.09. The van der Waals surface area contributed by atoms with Crippen molar-refractivity contribution in [3.8, 4) is 0 Å². The highest BCUT2D eigenvalue weighted by molar-refractivity contribution is 5.79. The van der Waals surface area contributed by atoms with Crippen molar-refractivity contribution in [2.45, 2.75) is 44.6 Å². The van der Waals surface area contributed by atoms with Crippen molar-refractivity contribution in [2.24, 2.45) is 23.3 Å². The van der Waals surface area contributed by atoms with E-state index < -0.39 is 0 Å². The van der Waals surface area contributed by atoms with E-state index in [4.69, 9.17) is 11.5 Å². The number of nitrogens with two attached hydrogens (primary N) is 2. The lowest BCUT2D eigenvalue weighted by Gasteiger charge is -2.33. The minimum absolute atomic E-state index is 0.163. The molecule has 0 aromatic rings. The van der Waals surface area contributed by atoms with Gasteiger partial charge in [-0.05, 0) is 51.0 Å². The number of hydrogen-bond acceptors (Lipinski definition) is 4. The second-order valence-electron chi connectivity index (χ2n) is 6.48. The highest BCUT2D eigenvalue weighted by Crippen LogP contribution is 2.28. The average molecular weight is 296 g/mol. The Kier molecular flexibility index (Phi) is 5.99. The maximum absolute atomic E-state index is 12.3. The first-order valence-corrected chi connectivity index (χ1v) is 8.09. The molecule has 2 fully saturated rings. The molecule has 6 nitrogen and oxygen atoms in total. The monoisotopic (exact) mass is 296 g/mol. The molecule has 5 N–H and O–H groups in total. The summed E-state index contributed by atoms with van der Waals surface area (Å²) >= 11 is 0. The summed E-state index contributed by atoms with van der Waals surface area (Å²) in [7, 11) is 0. The number of hydrogen-bond donors (Lipinski definition) is 3. The predicted octanol–water partition coefficient (Wildman–Crippen LogP) is -0.183. The van der Waals surface area contributed by atoms with Crippen LogP contribution < -0.4 is 16.8 Å². The van der Waals surface area contributed by atoms with Crippen LogP contribution in [0.5, 0.6) is 0 Å². The van der Waals surface area contributed by atoms with Gasteiger partial charge in [0.05, 0.1) is 6.54 Å². The van der Waals surface area contributed by atoms with E-state index in [1.807, 2.05) is 0 Å². The van der Waals surface area contributed by atoms with E-state index in [9.17, 15) is 9.59 Å². The van der Waals surface area contributed by atoms with Crippen molar-refractivity contribution in [3.05, 3.63) is 0 Å². The molecule has 0 bridgehead atoms. The van der Waals surface area contributed by atoms with Crippen LogP contribution in [0.1, 0.15) is 38.5 Å². The van der Waals surface area contributed by atoms with Gasteiger partial charge in [0.25, 0.3) is 0 Å². The fraction of sp³-hybridized carbons (Fsp3) is 0.867. The van der Waals surface area contributed by atoms with Crippen molar-refractivity contribution in [3.63, 3.8) is 0 Å². The van der Waals surface area contributed by atoms with Crippen LogP contribution in [0.4, 0.5) is 0 Å². The Bertz CT molecular complexity index is 359. The van der Waals surface area contributed by atoms with Crippen LogP contribution in [0.25, 0.3) is 0 Å². The van der Waals surface area contributed by atoms with Crippen LogP contribution in [-0.4, -0.2) is 48.9 Å². The number of nitrogens with zero attached hydrogens (tertiary/aromatic N) is 1. The minimum atomic E-state index is -0.283. The Morgan fingerprint density at radius 2 is 1.67 bits per heavy atom. The fourth-order valence-corrected chi connectivity index (χ4v) is 3.44. The molecule has 0 unspecified atom stereocenters. The fourth-order valence-electron chi connectivity index (χ4n) is 3.44. The quantitative estimate of drug-likeness (QED) is 0.655. The Labute approximate surface area is 126 Å². The van der Waals surface area contributed by atoms with E-state index in [0.29, 0.717) is 12.5 Å². The van der Waals surface area contributed by atoms with Crippen molar-refractivity contribution < 1.29 is 9.59 Å². The van der Waals surface area contributed by atoms with E-state index in [0.717, 1.165) is 58.2 Å². The maximum atomic E-state index is 12.3. The summed E-state index contributed by atoms with van der Waals surface area (Å²) in [4.78, 5) is 25.2. The number of piperidine rings is 1. The third kappa shape index (κ3) is 4.97. The van der Waals surface area contributed by atoms with Gasteiger partial charge in [-0.2, -0.15) is 0 Å². The molecule has 1 heterocycles. The zero-order valence-corrected chi connectivity index (χ0v) is 12.7. The van der Waals surface area contributed by atoms with Gasteiger partial charge in [-0.25, -0.2) is 0 Å². The second-order valence-corrected chi connectivity index (χ2v) is 6.48. The van der Waals surface area contributed by atoms with Crippen LogP contribution in [0.2, 0.25) is 0 Å². The van der Waals surface area contributed by atoms with E-state index in [1.165, 1.54) is 0 Å². The SMILES string of the molecule is NCC1CCC(C(=O)NC2CCN(CC(N)=O)CC2)CC1. The summed E-state index contributed by atoms with van der Waals surface area (Å²) in [5, 5.41) is 3.18. The summed E-state index contributed by atoms with van der Waals surface area (Å²) in [5.41, 5.74) is 10.9. The van der Waals surface area contributed by atoms with Crippen molar-refractivity contribution >= 4 is 11.8 Å². The number of rotatable bonds is 5. The molecule has 0 aromatic heterocycles. The third-order valence-electron chi connectivity index (χ3n) is 4.86. The molecule has 120 valence electrons. The van der Waals surface area contributed by atoms with E-state index in [1.54, 1.807) is 0 Å². The minimum Gasteiger partial charge on any atom is -0.369 e. The number of carbonyl (C=O) groups is 2. The molecule has 2 rings (SSSR count). The zero-order valence-electron chi connectivity index (χ0n) is 12.7. The molecular weight excluding hydrogens is 268 g/mol. The third-order valence-corrected chi connectivity index (χ3v) is 4.86. The number of nitrogens with one attached hydrogen (secondary N) is 1. The largest absolute Gasteiger partial charge is 0.369 e. The number of amides is 2. The Hall–Kier alpha value is -1.14. The van der Waals surface area contributed by atoms with Crippen LogP contribution in [0.15, 0.2) is 0 Å². The topological polar surface area (TPSA) is 101 Å². The molecule has 2 aliphatic rings. The van der Waals surface area contributed by atoms with E-state index >= 15 is 0 Å². The molecule has 0 radical (unpaired) electrons. The van der Waals surface area contributed by atoms with Crippen LogP contribution in [-0.2, 0) is 9.59 Å². The first kappa shape index (κ1) is 16.2. The normalized spacial score (nSPS) is 28.2. The predicted molar refractivity (Wildman–Crippen MR) is 81.3 cm³/mol. The van der Waals surface area contributed by atoms with Gasteiger partial charge >= 0.3 is 0 Å². The van der Waals surface area contributed by atoms with Gasteiger partial charge in [0.15, 0.2) is 0 Å². The smallest absolute Gasteiger partial charge is 0.231 e. The van der Waals surface area contributed by atoms with Crippen LogP contribution in [0.3, 0.4) is 0 Å². The van der Waals surface area contributed by atoms with E-state index in [2.05, 4.69) is 10.2 Å². The van der Waals surface area contributed by atoms with Gasteiger partial charge in [-0.3, -0.25) is 14.5 Å². The van der Waals surface area contributed by atoms with Gasteiger partial charge in [-0.1, -0.05) is 0 Å². The van der Waals surface area contributed by atoms with Crippen molar-refractivity contribution in [1.82, 2.24) is 10.2 Å². The molecule has 0 spiro atoms. The Balaban J connectivity index is 1.68. The lowest BCUT2D eigenvalue weighted by Crippen LogP contribution is -2.48. The summed E-state index contributed by atoms with van der Waals surface area (Å²) in [6.07, 6.45) is 5.88. The van der Waals surface area contributed by atoms with Gasteiger partial charge < -0.3 is 16.8 Å². The van der Waals surface area contributed by atoms with Crippen molar-refractivity contribution in [1.29, 1.82) is 0 Å². The lowest BCUT2D eigenvalue weighted by atomic mass is 9.81. The zero-order chi connectivity index (χ0) is 15.2. The lowest BCUT2D eigenvalue weighted by molar-refractivity contribution is -0.127. The van der Waals surface area contributed by atoms with Gasteiger partial charge in [0.2, 0.25) is 11.8 Å². The Morgan fingerprint density at radius 3 is 2.19 bits per heavy atom. The summed E-state index contributed by atoms with van der Waals surface area (Å²) in [6.45, 7) is 2.72. The molecule has 1 aliphatic heterocycles. The molecule has 0 atom stereocenters. The number of carbonyl (C=O) groups excluding carboxylic acids is 2. The number of likely N-dealkylation sites (tertiary alicyclic amines) is 1. The molecule has 0 aromatic carbocycles. The molecule has 2 amide bonds. The highest BCUT2D eigenvalue weighted by Gasteiger charge is 2.28. The summed E-state index contributed by atoms with van der Waals surface area (Å²) in [5.74, 6) is 0.690. The summed E-state index contributed by atoms with van der Waals surface area (Å²) < 4.78 is 0. The molecule has 21 heavy (non-hydrogen) atoms. The first-order chi connectivity index (χ1) is 10.1. The van der Waals surface area contributed by atoms with Gasteiger partial charge in [-0.15, -0.1) is 0 Å². The average Bonchev–Trinajstić information content (AvgIpc) is 2.49. The Morgan fingerprint density at radius 1 is 1.05 bits per heavy atom. The molecule has 6 heteroatoms. The van der Waals surface area contributed by atoms with Gasteiger partial charge in [0.1, 0.15) is 0 Å².